The maximum Gasteiger partial charge on any atom is 0.171 e. The minimum atomic E-state index is -0.404. The van der Waals surface area contributed by atoms with Crippen molar-refractivity contribution in [2.24, 2.45) is 52.3 Å². The van der Waals surface area contributed by atoms with Crippen molar-refractivity contribution in [3.63, 3.8) is 0 Å². The van der Waals surface area contributed by atoms with Gasteiger partial charge in [-0.2, -0.15) is 0 Å². The summed E-state index contributed by atoms with van der Waals surface area (Å²) >= 11 is 0. The molecular weight excluding hydrogens is 388 g/mol. The summed E-state index contributed by atoms with van der Waals surface area (Å²) in [6, 6.07) is 0. The molecule has 2 aliphatic heterocycles. The summed E-state index contributed by atoms with van der Waals surface area (Å²) in [5, 5.41) is 10.3. The summed E-state index contributed by atoms with van der Waals surface area (Å²) in [6.07, 6.45) is 9.26. The van der Waals surface area contributed by atoms with Crippen LogP contribution in [0.25, 0.3) is 0 Å². The van der Waals surface area contributed by atoms with Gasteiger partial charge in [-0.1, -0.05) is 27.7 Å². The molecule has 174 valence electrons. The quantitative estimate of drug-likeness (QED) is 0.589. The Labute approximate surface area is 187 Å². The molecule has 6 fully saturated rings. The molecule has 0 radical (unpaired) electrons. The molecule has 6 aliphatic rings. The molecule has 0 bridgehead atoms. The molecule has 6 rings (SSSR count). The number of fused-ring (bicyclic) bond motifs is 7. The second kappa shape index (κ2) is 6.79. The highest BCUT2D eigenvalue weighted by molar-refractivity contribution is 5.84. The molecule has 0 aromatic heterocycles. The number of rotatable bonds is 0. The van der Waals surface area contributed by atoms with Crippen LogP contribution in [-0.4, -0.2) is 35.5 Å². The van der Waals surface area contributed by atoms with Gasteiger partial charge < -0.3 is 14.6 Å². The van der Waals surface area contributed by atoms with E-state index in [1.54, 1.807) is 0 Å². The second-order valence-electron chi connectivity index (χ2n) is 13.1. The number of Topliss-reactive ketones (excluding diaryl/α,β-unsaturated/α-hetero) is 1. The zero-order valence-electron chi connectivity index (χ0n) is 19.9. The predicted octanol–water partition coefficient (Wildman–Crippen LogP) is 4.97. The van der Waals surface area contributed by atoms with Crippen molar-refractivity contribution in [2.75, 3.05) is 6.61 Å². The van der Waals surface area contributed by atoms with Gasteiger partial charge in [-0.05, 0) is 85.4 Å². The van der Waals surface area contributed by atoms with E-state index in [9.17, 15) is 9.90 Å². The molecule has 4 aliphatic carbocycles. The van der Waals surface area contributed by atoms with E-state index in [0.29, 0.717) is 41.3 Å². The van der Waals surface area contributed by atoms with E-state index in [2.05, 4.69) is 27.7 Å². The zero-order valence-corrected chi connectivity index (χ0v) is 19.9. The van der Waals surface area contributed by atoms with Gasteiger partial charge in [0.15, 0.2) is 5.79 Å². The van der Waals surface area contributed by atoms with E-state index in [4.69, 9.17) is 9.47 Å². The molecule has 1 spiro atoms. The minimum absolute atomic E-state index is 0.0512. The first-order valence-corrected chi connectivity index (χ1v) is 13.2. The van der Waals surface area contributed by atoms with Gasteiger partial charge in [0, 0.05) is 24.7 Å². The number of aliphatic hydroxyl groups excluding tert-OH is 1. The van der Waals surface area contributed by atoms with Crippen LogP contribution in [0.3, 0.4) is 0 Å². The van der Waals surface area contributed by atoms with Gasteiger partial charge in [-0.25, -0.2) is 0 Å². The number of hydrogen-bond acceptors (Lipinski definition) is 4. The Kier molecular flexibility index (Phi) is 4.62. The van der Waals surface area contributed by atoms with E-state index in [1.807, 2.05) is 0 Å². The lowest BCUT2D eigenvalue weighted by atomic mass is 9.44. The molecule has 4 nitrogen and oxygen atoms in total. The summed E-state index contributed by atoms with van der Waals surface area (Å²) in [4.78, 5) is 13.9. The molecule has 2 saturated heterocycles. The van der Waals surface area contributed by atoms with E-state index >= 15 is 0 Å². The molecule has 31 heavy (non-hydrogen) atoms. The highest BCUT2D eigenvalue weighted by atomic mass is 16.7. The Morgan fingerprint density at radius 2 is 1.81 bits per heavy atom. The highest BCUT2D eigenvalue weighted by Gasteiger charge is 2.70. The lowest BCUT2D eigenvalue weighted by molar-refractivity contribution is -0.272. The van der Waals surface area contributed by atoms with Crippen LogP contribution in [0.2, 0.25) is 0 Å². The first-order chi connectivity index (χ1) is 14.7. The van der Waals surface area contributed by atoms with E-state index in [0.717, 1.165) is 51.6 Å². The smallest absolute Gasteiger partial charge is 0.171 e. The van der Waals surface area contributed by atoms with Crippen LogP contribution in [0.15, 0.2) is 0 Å². The van der Waals surface area contributed by atoms with Crippen molar-refractivity contribution >= 4 is 5.78 Å². The molecular formula is C27H42O4. The molecule has 0 aromatic rings. The van der Waals surface area contributed by atoms with Crippen molar-refractivity contribution < 1.29 is 19.4 Å². The Hall–Kier alpha value is -0.450. The SMILES string of the molecule is C[C@@H]1CC[C@]2(OC1)O[C@@H]1C[C@@H]3[C@@H]4CC[C@H]5C[C@H](O)CC[C@]5(C)[C@@H]4C(=O)C[C@]3(C)[C@@H]1[C@@H]2C. The summed E-state index contributed by atoms with van der Waals surface area (Å²) in [5.74, 6) is 3.36. The molecule has 0 amide bonds. The Balaban J connectivity index is 1.30. The maximum atomic E-state index is 13.9. The van der Waals surface area contributed by atoms with E-state index in [1.165, 1.54) is 12.8 Å². The lowest BCUT2D eigenvalue weighted by Gasteiger charge is -2.60. The Morgan fingerprint density at radius 1 is 1.00 bits per heavy atom. The first-order valence-electron chi connectivity index (χ1n) is 13.2. The number of ketones is 1. The van der Waals surface area contributed by atoms with Crippen molar-refractivity contribution in [1.29, 1.82) is 0 Å². The molecule has 12 atom stereocenters. The third kappa shape index (κ3) is 2.74. The van der Waals surface area contributed by atoms with Crippen LogP contribution in [0, 0.1) is 52.3 Å². The van der Waals surface area contributed by atoms with Crippen LogP contribution in [0.4, 0.5) is 0 Å². The summed E-state index contributed by atoms with van der Waals surface area (Å²) in [5.41, 5.74) is 0.143. The monoisotopic (exact) mass is 430 g/mol. The van der Waals surface area contributed by atoms with Crippen LogP contribution in [-0.2, 0) is 14.3 Å². The number of aliphatic hydroxyl groups is 1. The van der Waals surface area contributed by atoms with Crippen LogP contribution in [0.5, 0.6) is 0 Å². The van der Waals surface area contributed by atoms with Gasteiger partial charge in [0.05, 0.1) is 18.8 Å². The topological polar surface area (TPSA) is 55.8 Å². The molecule has 4 heteroatoms. The van der Waals surface area contributed by atoms with Crippen LogP contribution >= 0.6 is 0 Å². The number of carbonyl (C=O) groups is 1. The van der Waals surface area contributed by atoms with Gasteiger partial charge in [0.1, 0.15) is 5.78 Å². The van der Waals surface area contributed by atoms with Crippen molar-refractivity contribution in [3.8, 4) is 0 Å². The third-order valence-corrected chi connectivity index (χ3v) is 11.6. The average Bonchev–Trinajstić information content (AvgIpc) is 3.15. The van der Waals surface area contributed by atoms with Crippen molar-refractivity contribution in [3.05, 3.63) is 0 Å². The average molecular weight is 431 g/mol. The largest absolute Gasteiger partial charge is 0.393 e. The van der Waals surface area contributed by atoms with Gasteiger partial charge in [-0.3, -0.25) is 4.79 Å². The summed E-state index contributed by atoms with van der Waals surface area (Å²) in [6.45, 7) is 10.2. The normalized spacial score (nSPS) is 60.9. The van der Waals surface area contributed by atoms with Crippen molar-refractivity contribution in [1.82, 2.24) is 0 Å². The van der Waals surface area contributed by atoms with Crippen molar-refractivity contribution in [2.45, 2.75) is 103 Å². The molecule has 0 unspecified atom stereocenters. The molecule has 0 aromatic carbocycles. The van der Waals surface area contributed by atoms with Gasteiger partial charge in [0.25, 0.3) is 0 Å². The van der Waals surface area contributed by atoms with Gasteiger partial charge >= 0.3 is 0 Å². The van der Waals surface area contributed by atoms with Gasteiger partial charge in [-0.15, -0.1) is 0 Å². The fourth-order valence-electron chi connectivity index (χ4n) is 10.1. The summed E-state index contributed by atoms with van der Waals surface area (Å²) in [7, 11) is 0. The zero-order chi connectivity index (χ0) is 21.8. The number of hydrogen-bond donors (Lipinski definition) is 1. The Morgan fingerprint density at radius 3 is 2.55 bits per heavy atom. The number of ether oxygens (including phenoxy) is 2. The second-order valence-corrected chi connectivity index (χ2v) is 13.1. The third-order valence-electron chi connectivity index (χ3n) is 11.6. The molecule has 2 heterocycles. The minimum Gasteiger partial charge on any atom is -0.393 e. The maximum absolute atomic E-state index is 13.9. The first kappa shape index (κ1) is 21.1. The molecule has 1 N–H and O–H groups in total. The Bertz CT molecular complexity index is 756. The number of carbonyl (C=O) groups excluding carboxylic acids is 1. The van der Waals surface area contributed by atoms with E-state index in [-0.39, 0.29) is 29.0 Å². The molecule has 4 saturated carbocycles. The fraction of sp³-hybridized carbons (Fsp3) is 0.963. The highest BCUT2D eigenvalue weighted by Crippen LogP contribution is 2.70. The fourth-order valence-corrected chi connectivity index (χ4v) is 10.1. The van der Waals surface area contributed by atoms with Crippen LogP contribution in [0.1, 0.15) is 85.5 Å². The predicted molar refractivity (Wildman–Crippen MR) is 118 cm³/mol. The van der Waals surface area contributed by atoms with Crippen LogP contribution < -0.4 is 0 Å². The standard InChI is InChI=1S/C27H42O4/c1-15-7-10-27(30-14-15)16(2)23-22(31-27)12-20-19-6-5-17-11-18(28)8-9-25(17,3)24(19)21(29)13-26(20,23)4/h15-20,22-24,28H,5-14H2,1-4H3/t15-,16+,17+,18-,19+,20-,22-,23-,24+,25+,26+,27+/m1/s1. The van der Waals surface area contributed by atoms with E-state index < -0.39 is 5.79 Å². The lowest BCUT2D eigenvalue weighted by Crippen LogP contribution is -2.58. The summed E-state index contributed by atoms with van der Waals surface area (Å²) < 4.78 is 13.2. The van der Waals surface area contributed by atoms with Gasteiger partial charge in [0.2, 0.25) is 0 Å².